The van der Waals surface area contributed by atoms with Crippen molar-refractivity contribution < 1.29 is 4.52 Å². The Hall–Kier alpha value is -3.03. The molecular formula is C13H11N7O. The molecule has 0 aromatic carbocycles. The maximum Gasteiger partial charge on any atom is 0.263 e. The highest BCUT2D eigenvalue weighted by atomic mass is 16.5. The van der Waals surface area contributed by atoms with Crippen LogP contribution in [0.5, 0.6) is 0 Å². The van der Waals surface area contributed by atoms with Gasteiger partial charge in [-0.2, -0.15) is 4.98 Å². The lowest BCUT2D eigenvalue weighted by atomic mass is 10.3. The Morgan fingerprint density at radius 2 is 2.19 bits per heavy atom. The molecule has 0 unspecified atom stereocenters. The minimum absolute atomic E-state index is 0.469. The quantitative estimate of drug-likeness (QED) is 0.609. The molecule has 8 nitrogen and oxygen atoms in total. The first-order chi connectivity index (χ1) is 10.3. The Bertz CT molecular complexity index is 926. The maximum absolute atomic E-state index is 5.12. The Balaban J connectivity index is 1.68. The Kier molecular flexibility index (Phi) is 2.53. The summed E-state index contributed by atoms with van der Waals surface area (Å²) in [5.74, 6) is 1.47. The zero-order valence-electron chi connectivity index (χ0n) is 11.2. The molecular weight excluding hydrogens is 270 g/mol. The van der Waals surface area contributed by atoms with Crippen LogP contribution in [-0.2, 0) is 6.54 Å². The van der Waals surface area contributed by atoms with Crippen LogP contribution in [0.25, 0.3) is 16.7 Å². The molecule has 0 bridgehead atoms. The van der Waals surface area contributed by atoms with Crippen LogP contribution < -0.4 is 5.32 Å². The van der Waals surface area contributed by atoms with Crippen LogP contribution in [0.4, 0.5) is 5.82 Å². The van der Waals surface area contributed by atoms with Gasteiger partial charge in [-0.15, -0.1) is 10.2 Å². The molecule has 104 valence electrons. The van der Waals surface area contributed by atoms with Gasteiger partial charge in [0.2, 0.25) is 0 Å². The lowest BCUT2D eigenvalue weighted by Gasteiger charge is -2.04. The fourth-order valence-electron chi connectivity index (χ4n) is 2.23. The number of aromatic nitrogens is 6. The fourth-order valence-corrected chi connectivity index (χ4v) is 2.23. The first kappa shape index (κ1) is 11.8. The summed E-state index contributed by atoms with van der Waals surface area (Å²) in [6, 6.07) is 5.77. The van der Waals surface area contributed by atoms with Gasteiger partial charge in [-0.1, -0.05) is 11.2 Å². The Labute approximate surface area is 118 Å². The number of nitrogens with zero attached hydrogens (tertiary/aromatic N) is 6. The molecule has 1 N–H and O–H groups in total. The van der Waals surface area contributed by atoms with Gasteiger partial charge in [0.15, 0.2) is 11.5 Å². The van der Waals surface area contributed by atoms with Gasteiger partial charge in [-0.3, -0.25) is 4.40 Å². The van der Waals surface area contributed by atoms with Crippen LogP contribution in [0.3, 0.4) is 0 Å². The molecule has 0 fully saturated rings. The molecule has 4 heterocycles. The maximum atomic E-state index is 5.12. The Morgan fingerprint density at radius 1 is 1.24 bits per heavy atom. The van der Waals surface area contributed by atoms with E-state index >= 15 is 0 Å². The largest absolute Gasteiger partial charge is 0.362 e. The number of nitrogens with one attached hydrogen (secondary N) is 1. The lowest BCUT2D eigenvalue weighted by molar-refractivity contribution is 0.442. The average Bonchev–Trinajstić information content (AvgIpc) is 3.10. The fraction of sp³-hybridized carbons (Fsp3) is 0.154. The molecule has 0 saturated heterocycles. The van der Waals surface area contributed by atoms with E-state index in [1.54, 1.807) is 0 Å². The number of anilines is 1. The Morgan fingerprint density at radius 3 is 3.14 bits per heavy atom. The molecule has 0 radical (unpaired) electrons. The summed E-state index contributed by atoms with van der Waals surface area (Å²) < 4.78 is 7.04. The number of hydrogen-bond acceptors (Lipinski definition) is 7. The summed E-state index contributed by atoms with van der Waals surface area (Å²) >= 11 is 0. The second-order valence-electron chi connectivity index (χ2n) is 4.57. The zero-order valence-corrected chi connectivity index (χ0v) is 11.2. The molecule has 21 heavy (non-hydrogen) atoms. The van der Waals surface area contributed by atoms with E-state index < -0.39 is 0 Å². The van der Waals surface area contributed by atoms with Crippen molar-refractivity contribution in [3.05, 3.63) is 42.2 Å². The average molecular weight is 281 g/mol. The monoisotopic (exact) mass is 281 g/mol. The minimum atomic E-state index is 0.469. The van der Waals surface area contributed by atoms with E-state index in [9.17, 15) is 0 Å². The number of rotatable bonds is 3. The molecule has 0 atom stereocenters. The lowest BCUT2D eigenvalue weighted by Crippen LogP contribution is -2.06. The van der Waals surface area contributed by atoms with E-state index in [4.69, 9.17) is 4.52 Å². The summed E-state index contributed by atoms with van der Waals surface area (Å²) in [4.78, 5) is 8.28. The van der Waals surface area contributed by atoms with Crippen LogP contribution in [0.2, 0.25) is 0 Å². The van der Waals surface area contributed by atoms with Crippen LogP contribution >= 0.6 is 0 Å². The highest BCUT2D eigenvalue weighted by molar-refractivity contribution is 5.87. The van der Waals surface area contributed by atoms with Crippen LogP contribution in [0, 0.1) is 6.92 Å². The molecule has 0 saturated carbocycles. The minimum Gasteiger partial charge on any atom is -0.362 e. The molecule has 4 aromatic heterocycles. The molecule has 0 aliphatic carbocycles. The molecule has 0 amide bonds. The standard InChI is InChI=1S/C13H11N7O/c1-8-11-12(15-7-16-13(11)21-19-8)14-6-10-18-17-9-4-2-3-5-20(9)10/h2-5,7H,6H2,1H3,(H,14,15,16). The molecule has 8 heteroatoms. The second kappa shape index (κ2) is 4.51. The van der Waals surface area contributed by atoms with Gasteiger partial charge in [-0.25, -0.2) is 4.98 Å². The van der Waals surface area contributed by atoms with Crippen molar-refractivity contribution in [2.24, 2.45) is 0 Å². The summed E-state index contributed by atoms with van der Waals surface area (Å²) in [6.07, 6.45) is 3.36. The van der Waals surface area contributed by atoms with Gasteiger partial charge in [0.25, 0.3) is 5.71 Å². The second-order valence-corrected chi connectivity index (χ2v) is 4.57. The number of pyridine rings is 1. The zero-order chi connectivity index (χ0) is 14.2. The van der Waals surface area contributed by atoms with E-state index in [0.29, 0.717) is 18.1 Å². The first-order valence-electron chi connectivity index (χ1n) is 6.42. The smallest absolute Gasteiger partial charge is 0.263 e. The summed E-state index contributed by atoms with van der Waals surface area (Å²) in [5, 5.41) is 16.2. The molecule has 0 spiro atoms. The first-order valence-corrected chi connectivity index (χ1v) is 6.42. The summed E-state index contributed by atoms with van der Waals surface area (Å²) in [6.45, 7) is 2.34. The summed E-state index contributed by atoms with van der Waals surface area (Å²) in [5.41, 5.74) is 2.03. The third-order valence-corrected chi connectivity index (χ3v) is 3.24. The topological polar surface area (TPSA) is 94.0 Å². The van der Waals surface area contributed by atoms with E-state index in [2.05, 4.69) is 30.6 Å². The third-order valence-electron chi connectivity index (χ3n) is 3.24. The van der Waals surface area contributed by atoms with E-state index in [1.165, 1.54) is 6.33 Å². The van der Waals surface area contributed by atoms with Crippen molar-refractivity contribution >= 4 is 22.6 Å². The number of fused-ring (bicyclic) bond motifs is 2. The number of hydrogen-bond donors (Lipinski definition) is 1. The van der Waals surface area contributed by atoms with E-state index in [0.717, 1.165) is 22.6 Å². The predicted molar refractivity (Wildman–Crippen MR) is 74.6 cm³/mol. The van der Waals surface area contributed by atoms with Gasteiger partial charge in [0.1, 0.15) is 17.5 Å². The van der Waals surface area contributed by atoms with Gasteiger partial charge in [0, 0.05) is 6.20 Å². The third kappa shape index (κ3) is 1.88. The highest BCUT2D eigenvalue weighted by Crippen LogP contribution is 2.22. The van der Waals surface area contributed by atoms with Crippen molar-refractivity contribution in [3.63, 3.8) is 0 Å². The van der Waals surface area contributed by atoms with Crippen molar-refractivity contribution in [3.8, 4) is 0 Å². The predicted octanol–water partition coefficient (Wildman–Crippen LogP) is 1.58. The van der Waals surface area contributed by atoms with Gasteiger partial charge >= 0.3 is 0 Å². The van der Waals surface area contributed by atoms with Crippen LogP contribution in [0.1, 0.15) is 11.5 Å². The number of aryl methyl sites for hydroxylation is 1. The molecule has 4 rings (SSSR count). The van der Waals surface area contributed by atoms with E-state index in [-0.39, 0.29) is 0 Å². The molecule has 0 aliphatic rings. The van der Waals surface area contributed by atoms with Gasteiger partial charge < -0.3 is 9.84 Å². The highest BCUT2D eigenvalue weighted by Gasteiger charge is 2.12. The molecule has 0 aliphatic heterocycles. The van der Waals surface area contributed by atoms with Crippen molar-refractivity contribution in [1.82, 2.24) is 29.7 Å². The van der Waals surface area contributed by atoms with Crippen molar-refractivity contribution in [2.45, 2.75) is 13.5 Å². The molecule has 4 aromatic rings. The van der Waals surface area contributed by atoms with E-state index in [1.807, 2.05) is 35.7 Å². The summed E-state index contributed by atoms with van der Waals surface area (Å²) in [7, 11) is 0. The van der Waals surface area contributed by atoms with Crippen LogP contribution in [-0.4, -0.2) is 29.7 Å². The van der Waals surface area contributed by atoms with Crippen molar-refractivity contribution in [1.29, 1.82) is 0 Å². The SMILES string of the molecule is Cc1noc2ncnc(NCc3nnc4ccccn34)c12. The van der Waals surface area contributed by atoms with Crippen molar-refractivity contribution in [2.75, 3.05) is 5.32 Å². The van der Waals surface area contributed by atoms with Crippen LogP contribution in [0.15, 0.2) is 35.2 Å². The van der Waals surface area contributed by atoms with Gasteiger partial charge in [-0.05, 0) is 19.1 Å². The normalized spacial score (nSPS) is 11.3. The van der Waals surface area contributed by atoms with Gasteiger partial charge in [0.05, 0.1) is 12.2 Å².